The van der Waals surface area contributed by atoms with Crippen LogP contribution in [-0.4, -0.2) is 19.9 Å². The molecule has 0 unspecified atom stereocenters. The van der Waals surface area contributed by atoms with Gasteiger partial charge in [0.2, 0.25) is 0 Å². The van der Waals surface area contributed by atoms with Crippen molar-refractivity contribution in [3.63, 3.8) is 0 Å². The lowest BCUT2D eigenvalue weighted by Gasteiger charge is -2.08. The van der Waals surface area contributed by atoms with E-state index in [1.165, 1.54) is 6.33 Å². The third kappa shape index (κ3) is 3.21. The Labute approximate surface area is 110 Å². The number of pyridine rings is 1. The van der Waals surface area contributed by atoms with Gasteiger partial charge < -0.3 is 11.1 Å². The fraction of sp³-hybridized carbons (Fsp3) is 0.167. The number of thiocarbonyl (C=S) groups is 1. The molecule has 0 aliphatic carbocycles. The second-order valence-corrected chi connectivity index (χ2v) is 4.24. The van der Waals surface area contributed by atoms with E-state index in [2.05, 4.69) is 20.3 Å². The number of anilines is 1. The van der Waals surface area contributed by atoms with Crippen molar-refractivity contribution >= 4 is 23.0 Å². The van der Waals surface area contributed by atoms with Crippen LogP contribution in [0, 0.1) is 6.92 Å². The molecule has 0 fully saturated rings. The van der Waals surface area contributed by atoms with Crippen LogP contribution < -0.4 is 11.1 Å². The zero-order valence-electron chi connectivity index (χ0n) is 9.92. The molecule has 0 aliphatic rings. The molecule has 2 aromatic heterocycles. The van der Waals surface area contributed by atoms with E-state index in [9.17, 15) is 0 Å². The number of rotatable bonds is 4. The summed E-state index contributed by atoms with van der Waals surface area (Å²) in [5, 5.41) is 3.18. The van der Waals surface area contributed by atoms with Gasteiger partial charge in [-0.1, -0.05) is 12.2 Å². The summed E-state index contributed by atoms with van der Waals surface area (Å²) in [5.41, 5.74) is 8.18. The predicted molar refractivity (Wildman–Crippen MR) is 74.2 cm³/mol. The Morgan fingerprint density at radius 3 is 2.94 bits per heavy atom. The van der Waals surface area contributed by atoms with Crippen molar-refractivity contribution < 1.29 is 0 Å². The third-order valence-electron chi connectivity index (χ3n) is 2.33. The quantitative estimate of drug-likeness (QED) is 0.809. The molecule has 3 N–H and O–H groups in total. The normalized spacial score (nSPS) is 10.1. The van der Waals surface area contributed by atoms with Crippen molar-refractivity contribution in [3.05, 3.63) is 47.7 Å². The van der Waals surface area contributed by atoms with E-state index in [0.717, 1.165) is 22.8 Å². The molecule has 0 atom stereocenters. The van der Waals surface area contributed by atoms with E-state index in [1.54, 1.807) is 6.20 Å². The Morgan fingerprint density at radius 2 is 2.28 bits per heavy atom. The van der Waals surface area contributed by atoms with Gasteiger partial charge in [-0.15, -0.1) is 0 Å². The maximum atomic E-state index is 5.61. The maximum Gasteiger partial charge on any atom is 0.127 e. The van der Waals surface area contributed by atoms with Gasteiger partial charge >= 0.3 is 0 Å². The van der Waals surface area contributed by atoms with Crippen molar-refractivity contribution in [2.24, 2.45) is 5.73 Å². The highest BCUT2D eigenvalue weighted by Gasteiger charge is 2.02. The van der Waals surface area contributed by atoms with Crippen LogP contribution in [0.25, 0.3) is 0 Å². The lowest BCUT2D eigenvalue weighted by Crippen LogP contribution is -2.11. The number of aryl methyl sites for hydroxylation is 1. The highest BCUT2D eigenvalue weighted by atomic mass is 32.1. The molecule has 0 amide bonds. The summed E-state index contributed by atoms with van der Waals surface area (Å²) in [7, 11) is 0. The Kier molecular flexibility index (Phi) is 3.78. The molecular formula is C12H13N5S. The van der Waals surface area contributed by atoms with Crippen LogP contribution in [0.1, 0.15) is 17.0 Å². The van der Waals surface area contributed by atoms with E-state index in [-0.39, 0.29) is 0 Å². The number of aromatic nitrogens is 3. The number of hydrogen-bond donors (Lipinski definition) is 2. The first-order valence-electron chi connectivity index (χ1n) is 5.42. The van der Waals surface area contributed by atoms with Crippen LogP contribution in [0.4, 0.5) is 5.82 Å². The fourth-order valence-electron chi connectivity index (χ4n) is 1.51. The number of nitrogens with zero attached hydrogens (tertiary/aromatic N) is 3. The van der Waals surface area contributed by atoms with Gasteiger partial charge in [-0.3, -0.25) is 0 Å². The van der Waals surface area contributed by atoms with E-state index < -0.39 is 0 Å². The minimum atomic E-state index is 0.366. The van der Waals surface area contributed by atoms with Gasteiger partial charge in [0.15, 0.2) is 0 Å². The van der Waals surface area contributed by atoms with Crippen molar-refractivity contribution in [3.8, 4) is 0 Å². The average Bonchev–Trinajstić information content (AvgIpc) is 2.37. The highest BCUT2D eigenvalue weighted by molar-refractivity contribution is 7.80. The average molecular weight is 259 g/mol. The summed E-state index contributed by atoms with van der Waals surface area (Å²) < 4.78 is 0. The van der Waals surface area contributed by atoms with Crippen molar-refractivity contribution in [2.75, 3.05) is 5.32 Å². The summed E-state index contributed by atoms with van der Waals surface area (Å²) >= 11 is 4.96. The molecular weight excluding hydrogens is 246 g/mol. The molecule has 2 rings (SSSR count). The molecule has 0 radical (unpaired) electrons. The van der Waals surface area contributed by atoms with Crippen LogP contribution in [-0.2, 0) is 6.54 Å². The molecule has 0 saturated heterocycles. The van der Waals surface area contributed by atoms with Gasteiger partial charge in [-0.25, -0.2) is 15.0 Å². The maximum absolute atomic E-state index is 5.61. The van der Waals surface area contributed by atoms with Gasteiger partial charge in [-0.05, 0) is 25.1 Å². The van der Waals surface area contributed by atoms with Crippen LogP contribution in [0.15, 0.2) is 30.7 Å². The summed E-state index contributed by atoms with van der Waals surface area (Å²) in [4.78, 5) is 12.7. The van der Waals surface area contributed by atoms with Crippen molar-refractivity contribution in [1.82, 2.24) is 15.0 Å². The molecule has 5 nitrogen and oxygen atoms in total. The molecule has 0 bridgehead atoms. The summed E-state index contributed by atoms with van der Waals surface area (Å²) in [6, 6.07) is 5.53. The molecule has 0 aliphatic heterocycles. The topological polar surface area (TPSA) is 76.7 Å². The Balaban J connectivity index is 2.12. The molecule has 0 saturated carbocycles. The first kappa shape index (κ1) is 12.4. The molecule has 2 heterocycles. The molecule has 18 heavy (non-hydrogen) atoms. The molecule has 2 aromatic rings. The largest absolute Gasteiger partial charge is 0.389 e. The molecule has 6 heteroatoms. The smallest absolute Gasteiger partial charge is 0.127 e. The number of hydrogen-bond acceptors (Lipinski definition) is 5. The van der Waals surface area contributed by atoms with Crippen LogP contribution in [0.3, 0.4) is 0 Å². The predicted octanol–water partition coefficient (Wildman–Crippen LogP) is 1.43. The Hall–Kier alpha value is -2.08. The van der Waals surface area contributed by atoms with E-state index in [4.69, 9.17) is 18.0 Å². The minimum Gasteiger partial charge on any atom is -0.389 e. The Bertz CT molecular complexity index is 556. The second-order valence-electron chi connectivity index (χ2n) is 3.80. The van der Waals surface area contributed by atoms with Crippen molar-refractivity contribution in [2.45, 2.75) is 13.5 Å². The van der Waals surface area contributed by atoms with Gasteiger partial charge in [0.1, 0.15) is 17.1 Å². The molecule has 0 aromatic carbocycles. The van der Waals surface area contributed by atoms with E-state index in [1.807, 2.05) is 25.1 Å². The number of nitrogens with two attached hydrogens (primary N) is 1. The summed E-state index contributed by atoms with van der Waals surface area (Å²) in [5.74, 6) is 0.733. The molecule has 92 valence electrons. The van der Waals surface area contributed by atoms with Crippen LogP contribution in [0.5, 0.6) is 0 Å². The van der Waals surface area contributed by atoms with Gasteiger partial charge in [0, 0.05) is 17.5 Å². The Morgan fingerprint density at radius 1 is 1.44 bits per heavy atom. The highest BCUT2D eigenvalue weighted by Crippen LogP contribution is 2.11. The van der Waals surface area contributed by atoms with Crippen LogP contribution >= 0.6 is 12.2 Å². The summed E-state index contributed by atoms with van der Waals surface area (Å²) in [6.45, 7) is 2.48. The molecule has 0 spiro atoms. The lowest BCUT2D eigenvalue weighted by molar-refractivity contribution is 0.992. The zero-order valence-corrected chi connectivity index (χ0v) is 10.7. The van der Waals surface area contributed by atoms with E-state index in [0.29, 0.717) is 11.5 Å². The summed E-state index contributed by atoms with van der Waals surface area (Å²) in [6.07, 6.45) is 3.22. The van der Waals surface area contributed by atoms with Crippen molar-refractivity contribution in [1.29, 1.82) is 0 Å². The van der Waals surface area contributed by atoms with Gasteiger partial charge in [0.05, 0.1) is 12.2 Å². The second kappa shape index (κ2) is 5.50. The SMILES string of the molecule is Cc1cc(C(N)=S)cc(NCc2ccncn2)n1. The van der Waals surface area contributed by atoms with Gasteiger partial charge in [-0.2, -0.15) is 0 Å². The monoisotopic (exact) mass is 259 g/mol. The lowest BCUT2D eigenvalue weighted by atomic mass is 10.2. The fourth-order valence-corrected chi connectivity index (χ4v) is 1.62. The standard InChI is InChI=1S/C12H13N5S/c1-8-4-9(12(13)18)5-11(17-8)15-6-10-2-3-14-7-16-10/h2-5,7H,6H2,1H3,(H2,13,18)(H,15,17). The van der Waals surface area contributed by atoms with Gasteiger partial charge in [0.25, 0.3) is 0 Å². The van der Waals surface area contributed by atoms with E-state index >= 15 is 0 Å². The van der Waals surface area contributed by atoms with Crippen LogP contribution in [0.2, 0.25) is 0 Å². The third-order valence-corrected chi connectivity index (χ3v) is 2.57. The first-order chi connectivity index (χ1) is 8.65. The first-order valence-corrected chi connectivity index (χ1v) is 5.83. The minimum absolute atomic E-state index is 0.366. The zero-order chi connectivity index (χ0) is 13.0. The number of nitrogens with one attached hydrogen (secondary N) is 1.